The Labute approximate surface area is 115 Å². The fourth-order valence-corrected chi connectivity index (χ4v) is 2.30. The molecule has 0 radical (unpaired) electrons. The lowest BCUT2D eigenvalue weighted by Crippen LogP contribution is -2.27. The van der Waals surface area contributed by atoms with E-state index >= 15 is 0 Å². The Morgan fingerprint density at radius 3 is 2.37 bits per heavy atom. The highest BCUT2D eigenvalue weighted by molar-refractivity contribution is 5.77. The van der Waals surface area contributed by atoms with Gasteiger partial charge in [0.25, 0.3) is 0 Å². The molecule has 0 spiro atoms. The molecule has 0 aliphatic heterocycles. The summed E-state index contributed by atoms with van der Waals surface area (Å²) in [5, 5.41) is 6.47. The monoisotopic (exact) mass is 260 g/mol. The fraction of sp³-hybridized carbons (Fsp3) is 0.562. The smallest absolute Gasteiger partial charge is 0.221 e. The van der Waals surface area contributed by atoms with Crippen molar-refractivity contribution in [3.05, 3.63) is 29.3 Å². The summed E-state index contributed by atoms with van der Waals surface area (Å²) in [6.07, 6.45) is 4.89. The van der Waals surface area contributed by atoms with Crippen molar-refractivity contribution in [1.29, 1.82) is 0 Å². The van der Waals surface area contributed by atoms with Crippen LogP contribution in [0.5, 0.6) is 0 Å². The minimum Gasteiger partial charge on any atom is -0.384 e. The van der Waals surface area contributed by atoms with E-state index in [0.29, 0.717) is 19.0 Å². The van der Waals surface area contributed by atoms with Gasteiger partial charge in [-0.15, -0.1) is 0 Å². The molecule has 0 bridgehead atoms. The molecule has 2 rings (SSSR count). The molecule has 1 aromatic carbocycles. The predicted octanol–water partition coefficient (Wildman–Crippen LogP) is 2.89. The van der Waals surface area contributed by atoms with Gasteiger partial charge in [-0.3, -0.25) is 4.79 Å². The topological polar surface area (TPSA) is 41.1 Å². The van der Waals surface area contributed by atoms with Crippen LogP contribution < -0.4 is 10.6 Å². The van der Waals surface area contributed by atoms with Gasteiger partial charge in [-0.05, 0) is 36.8 Å². The standard InChI is InChI=1S/C16H24N2O/c1-3-12-6-5-7-13(4-2)16(12)17-11-10-15(19)18-14-8-9-14/h5-7,14,17H,3-4,8-11H2,1-2H3,(H,18,19). The fourth-order valence-electron chi connectivity index (χ4n) is 2.30. The summed E-state index contributed by atoms with van der Waals surface area (Å²) in [6, 6.07) is 6.89. The number of carbonyl (C=O) groups is 1. The molecule has 0 aromatic heterocycles. The average Bonchev–Trinajstić information content (AvgIpc) is 3.22. The van der Waals surface area contributed by atoms with Crippen LogP contribution in [-0.4, -0.2) is 18.5 Å². The first-order chi connectivity index (χ1) is 9.24. The molecule has 0 heterocycles. The van der Waals surface area contributed by atoms with Gasteiger partial charge in [0.15, 0.2) is 0 Å². The van der Waals surface area contributed by atoms with Gasteiger partial charge in [-0.1, -0.05) is 32.0 Å². The number of anilines is 1. The van der Waals surface area contributed by atoms with E-state index in [1.165, 1.54) is 16.8 Å². The number of nitrogens with one attached hydrogen (secondary N) is 2. The second kappa shape index (κ2) is 6.60. The number of hydrogen-bond acceptors (Lipinski definition) is 2. The summed E-state index contributed by atoms with van der Waals surface area (Å²) >= 11 is 0. The van der Waals surface area contributed by atoms with Crippen molar-refractivity contribution in [2.24, 2.45) is 0 Å². The molecule has 0 atom stereocenters. The van der Waals surface area contributed by atoms with Gasteiger partial charge in [0.05, 0.1) is 0 Å². The molecule has 3 nitrogen and oxygen atoms in total. The van der Waals surface area contributed by atoms with E-state index < -0.39 is 0 Å². The number of rotatable bonds is 7. The van der Waals surface area contributed by atoms with Crippen LogP contribution in [0.1, 0.15) is 44.2 Å². The van der Waals surface area contributed by atoms with Gasteiger partial charge in [-0.25, -0.2) is 0 Å². The molecule has 1 aliphatic rings. The highest BCUT2D eigenvalue weighted by atomic mass is 16.1. The maximum Gasteiger partial charge on any atom is 0.221 e. The normalized spacial score (nSPS) is 14.2. The van der Waals surface area contributed by atoms with Crippen LogP contribution in [-0.2, 0) is 17.6 Å². The molecule has 0 unspecified atom stereocenters. The highest BCUT2D eigenvalue weighted by Gasteiger charge is 2.22. The molecular weight excluding hydrogens is 236 g/mol. The molecule has 19 heavy (non-hydrogen) atoms. The summed E-state index contributed by atoms with van der Waals surface area (Å²) in [5.74, 6) is 0.169. The van der Waals surface area contributed by atoms with Crippen LogP contribution in [0.15, 0.2) is 18.2 Å². The lowest BCUT2D eigenvalue weighted by molar-refractivity contribution is -0.120. The molecule has 1 fully saturated rings. The molecule has 1 aliphatic carbocycles. The van der Waals surface area contributed by atoms with E-state index in [1.54, 1.807) is 0 Å². The van der Waals surface area contributed by atoms with Crippen molar-refractivity contribution in [1.82, 2.24) is 5.32 Å². The maximum absolute atomic E-state index is 11.6. The molecule has 1 amide bonds. The first-order valence-corrected chi connectivity index (χ1v) is 7.38. The van der Waals surface area contributed by atoms with E-state index in [4.69, 9.17) is 0 Å². The van der Waals surface area contributed by atoms with Crippen LogP contribution in [0.2, 0.25) is 0 Å². The summed E-state index contributed by atoms with van der Waals surface area (Å²) in [7, 11) is 0. The lowest BCUT2D eigenvalue weighted by atomic mass is 10.0. The molecule has 0 saturated heterocycles. The summed E-state index contributed by atoms with van der Waals surface area (Å²) < 4.78 is 0. The Morgan fingerprint density at radius 2 is 1.84 bits per heavy atom. The zero-order valence-electron chi connectivity index (χ0n) is 12.0. The molecule has 3 heteroatoms. The Morgan fingerprint density at radius 1 is 1.21 bits per heavy atom. The van der Waals surface area contributed by atoms with Crippen molar-refractivity contribution in [3.63, 3.8) is 0 Å². The Balaban J connectivity index is 1.88. The number of hydrogen-bond donors (Lipinski definition) is 2. The summed E-state index contributed by atoms with van der Waals surface area (Å²) in [6.45, 7) is 5.04. The quantitative estimate of drug-likeness (QED) is 0.791. The van der Waals surface area contributed by atoms with Gasteiger partial charge in [-0.2, -0.15) is 0 Å². The third-order valence-electron chi connectivity index (χ3n) is 3.60. The number of aryl methyl sites for hydroxylation is 2. The average molecular weight is 260 g/mol. The third-order valence-corrected chi connectivity index (χ3v) is 3.60. The largest absolute Gasteiger partial charge is 0.384 e. The number of amides is 1. The van der Waals surface area contributed by atoms with Gasteiger partial charge >= 0.3 is 0 Å². The van der Waals surface area contributed by atoms with E-state index in [1.807, 2.05) is 0 Å². The van der Waals surface area contributed by atoms with Crippen molar-refractivity contribution < 1.29 is 4.79 Å². The summed E-state index contributed by atoms with van der Waals surface area (Å²) in [5.41, 5.74) is 3.90. The highest BCUT2D eigenvalue weighted by Crippen LogP contribution is 2.22. The second-order valence-electron chi connectivity index (χ2n) is 5.18. The number of carbonyl (C=O) groups excluding carboxylic acids is 1. The van der Waals surface area contributed by atoms with E-state index in [9.17, 15) is 4.79 Å². The van der Waals surface area contributed by atoms with Crippen LogP contribution in [0.25, 0.3) is 0 Å². The zero-order chi connectivity index (χ0) is 13.7. The number of para-hydroxylation sites is 1. The minimum absolute atomic E-state index is 0.169. The third kappa shape index (κ3) is 3.98. The molecular formula is C16H24N2O. The van der Waals surface area contributed by atoms with Crippen LogP contribution in [0.3, 0.4) is 0 Å². The SMILES string of the molecule is CCc1cccc(CC)c1NCCC(=O)NC1CC1. The molecule has 2 N–H and O–H groups in total. The van der Waals surface area contributed by atoms with Gasteiger partial charge < -0.3 is 10.6 Å². The van der Waals surface area contributed by atoms with Crippen molar-refractivity contribution >= 4 is 11.6 Å². The number of benzene rings is 1. The van der Waals surface area contributed by atoms with E-state index in [2.05, 4.69) is 42.7 Å². The zero-order valence-corrected chi connectivity index (χ0v) is 12.0. The minimum atomic E-state index is 0.169. The van der Waals surface area contributed by atoms with Gasteiger partial charge in [0.2, 0.25) is 5.91 Å². The Bertz CT molecular complexity index is 416. The predicted molar refractivity (Wildman–Crippen MR) is 79.5 cm³/mol. The molecule has 1 aromatic rings. The summed E-state index contributed by atoms with van der Waals surface area (Å²) in [4.78, 5) is 11.6. The van der Waals surface area contributed by atoms with Crippen molar-refractivity contribution in [2.75, 3.05) is 11.9 Å². The molecule has 104 valence electrons. The Hall–Kier alpha value is -1.51. The van der Waals surface area contributed by atoms with Crippen LogP contribution in [0.4, 0.5) is 5.69 Å². The first kappa shape index (κ1) is 13.9. The Kier molecular flexibility index (Phi) is 4.83. The van der Waals surface area contributed by atoms with Crippen molar-refractivity contribution in [2.45, 2.75) is 52.0 Å². The first-order valence-electron chi connectivity index (χ1n) is 7.38. The lowest BCUT2D eigenvalue weighted by Gasteiger charge is -2.15. The molecule has 1 saturated carbocycles. The maximum atomic E-state index is 11.6. The van der Waals surface area contributed by atoms with Crippen LogP contribution in [0, 0.1) is 0 Å². The van der Waals surface area contributed by atoms with Crippen LogP contribution >= 0.6 is 0 Å². The van der Waals surface area contributed by atoms with Gasteiger partial charge in [0.1, 0.15) is 0 Å². The van der Waals surface area contributed by atoms with Gasteiger partial charge in [0, 0.05) is 24.7 Å². The van der Waals surface area contributed by atoms with Crippen molar-refractivity contribution in [3.8, 4) is 0 Å². The van der Waals surface area contributed by atoms with E-state index in [0.717, 1.165) is 25.7 Å². The van der Waals surface area contributed by atoms with E-state index in [-0.39, 0.29) is 5.91 Å². The second-order valence-corrected chi connectivity index (χ2v) is 5.18.